The highest BCUT2D eigenvalue weighted by molar-refractivity contribution is 7.89. The Hall–Kier alpha value is -2.29. The molecule has 1 unspecified atom stereocenters. The lowest BCUT2D eigenvalue weighted by molar-refractivity contribution is -0.131. The van der Waals surface area contributed by atoms with Crippen molar-refractivity contribution in [2.24, 2.45) is 5.92 Å². The average molecular weight is 471 g/mol. The van der Waals surface area contributed by atoms with E-state index in [9.17, 15) is 18.0 Å². The van der Waals surface area contributed by atoms with Crippen LogP contribution in [-0.4, -0.2) is 38.1 Å². The first kappa shape index (κ1) is 22.4. The molecule has 3 rings (SSSR count). The van der Waals surface area contributed by atoms with E-state index in [4.69, 9.17) is 33.7 Å². The van der Waals surface area contributed by atoms with Crippen LogP contribution in [0.1, 0.15) is 18.4 Å². The molecule has 2 aromatic rings. The third kappa shape index (κ3) is 4.55. The lowest BCUT2D eigenvalue weighted by Crippen LogP contribution is -2.42. The molecule has 0 aliphatic carbocycles. The molecule has 2 N–H and O–H groups in total. The molecule has 1 aliphatic rings. The molecule has 0 saturated carbocycles. The Bertz CT molecular complexity index is 1100. The van der Waals surface area contributed by atoms with Gasteiger partial charge in [-0.1, -0.05) is 23.2 Å². The number of nitrogens with zero attached hydrogens (tertiary/aromatic N) is 1. The molecular formula is C20H20Cl2N2O5S. The predicted molar refractivity (Wildman–Crippen MR) is 114 cm³/mol. The Morgan fingerprint density at radius 2 is 1.90 bits per heavy atom. The monoisotopic (exact) mass is 470 g/mol. The smallest absolute Gasteiger partial charge is 0.266 e. The minimum atomic E-state index is -4.29. The molecule has 7 nitrogen and oxygen atoms in total. The van der Waals surface area contributed by atoms with Gasteiger partial charge < -0.3 is 10.5 Å². The van der Waals surface area contributed by atoms with Crippen molar-refractivity contribution in [3.05, 3.63) is 52.0 Å². The number of carbonyl (C=O) groups is 2. The minimum Gasteiger partial charge on any atom is -0.496 e. The molecule has 30 heavy (non-hydrogen) atoms. The Morgan fingerprint density at radius 3 is 2.57 bits per heavy atom. The molecular weight excluding hydrogens is 451 g/mol. The number of Topliss-reactive ketones (excluding diaryl/α,β-unsaturated/α-hetero) is 1. The van der Waals surface area contributed by atoms with Gasteiger partial charge in [0.25, 0.3) is 10.0 Å². The number of hydrogen-bond acceptors (Lipinski definition) is 6. The number of amides is 1. The summed E-state index contributed by atoms with van der Waals surface area (Å²) in [5.41, 5.74) is 6.44. The number of carbonyl (C=O) groups excluding carboxylic acids is 2. The van der Waals surface area contributed by atoms with Gasteiger partial charge in [-0.2, -0.15) is 0 Å². The standard InChI is InChI=1S/C20H20Cl2N2O5S/c1-29-19-7-3-14(21)9-13(19)8-12-2-4-15(25)11-24(20(12)26)30(27,28)16-5-6-17(22)18(23)10-16/h3,5-7,9-10,12H,2,4,8,11,23H2,1H3. The molecule has 1 saturated heterocycles. The number of rotatable bonds is 5. The van der Waals surface area contributed by atoms with Crippen molar-refractivity contribution in [2.45, 2.75) is 24.2 Å². The lowest BCUT2D eigenvalue weighted by atomic mass is 9.93. The second-order valence-corrected chi connectivity index (χ2v) is 9.67. The van der Waals surface area contributed by atoms with Crippen molar-refractivity contribution >= 4 is 50.6 Å². The van der Waals surface area contributed by atoms with E-state index < -0.39 is 28.4 Å². The fraction of sp³-hybridized carbons (Fsp3) is 0.300. The normalized spacial score (nSPS) is 17.7. The highest BCUT2D eigenvalue weighted by Crippen LogP contribution is 2.31. The number of nitrogens with two attached hydrogens (primary N) is 1. The number of ether oxygens (including phenoxy) is 1. The van der Waals surface area contributed by atoms with Crippen LogP contribution in [0.25, 0.3) is 0 Å². The molecule has 0 bridgehead atoms. The van der Waals surface area contributed by atoms with Crippen LogP contribution in [0.15, 0.2) is 41.3 Å². The highest BCUT2D eigenvalue weighted by Gasteiger charge is 2.38. The van der Waals surface area contributed by atoms with Gasteiger partial charge in [-0.25, -0.2) is 12.7 Å². The Labute approximate surface area is 184 Å². The first-order chi connectivity index (χ1) is 14.1. The summed E-state index contributed by atoms with van der Waals surface area (Å²) in [4.78, 5) is 25.3. The summed E-state index contributed by atoms with van der Waals surface area (Å²) in [6, 6.07) is 8.77. The number of anilines is 1. The second-order valence-electron chi connectivity index (χ2n) is 6.97. The molecule has 0 radical (unpaired) electrons. The maximum atomic E-state index is 13.2. The maximum Gasteiger partial charge on any atom is 0.266 e. The van der Waals surface area contributed by atoms with E-state index in [0.717, 1.165) is 0 Å². The van der Waals surface area contributed by atoms with E-state index in [-0.39, 0.29) is 40.7 Å². The zero-order chi connectivity index (χ0) is 22.1. The van der Waals surface area contributed by atoms with Gasteiger partial charge in [-0.15, -0.1) is 0 Å². The van der Waals surface area contributed by atoms with Crippen LogP contribution in [-0.2, 0) is 26.0 Å². The van der Waals surface area contributed by atoms with Gasteiger partial charge in [0.2, 0.25) is 5.91 Å². The van der Waals surface area contributed by atoms with Crippen LogP contribution in [0.5, 0.6) is 5.75 Å². The van der Waals surface area contributed by atoms with E-state index >= 15 is 0 Å². The number of halogens is 2. The number of nitrogen functional groups attached to an aromatic ring is 1. The van der Waals surface area contributed by atoms with Crippen molar-refractivity contribution in [1.29, 1.82) is 0 Å². The summed E-state index contributed by atoms with van der Waals surface area (Å²) >= 11 is 11.9. The number of methoxy groups -OCH3 is 1. The van der Waals surface area contributed by atoms with Gasteiger partial charge in [0.05, 0.1) is 29.3 Å². The molecule has 1 fully saturated rings. The lowest BCUT2D eigenvalue weighted by Gasteiger charge is -2.24. The van der Waals surface area contributed by atoms with E-state index in [1.54, 1.807) is 18.2 Å². The van der Waals surface area contributed by atoms with Crippen molar-refractivity contribution < 1.29 is 22.7 Å². The summed E-state index contributed by atoms with van der Waals surface area (Å²) in [6.07, 6.45) is 0.501. The largest absolute Gasteiger partial charge is 0.496 e. The molecule has 0 spiro atoms. The first-order valence-electron chi connectivity index (χ1n) is 9.09. The van der Waals surface area contributed by atoms with Gasteiger partial charge in [-0.05, 0) is 54.8 Å². The van der Waals surface area contributed by atoms with Gasteiger partial charge in [0, 0.05) is 17.4 Å². The predicted octanol–water partition coefficient (Wildman–Crippen LogP) is 3.32. The van der Waals surface area contributed by atoms with E-state index in [2.05, 4.69) is 0 Å². The molecule has 1 heterocycles. The zero-order valence-corrected chi connectivity index (χ0v) is 18.4. The summed E-state index contributed by atoms with van der Waals surface area (Å²) in [5.74, 6) is -1.20. The van der Waals surface area contributed by atoms with Crippen LogP contribution in [0.3, 0.4) is 0 Å². The van der Waals surface area contributed by atoms with Gasteiger partial charge in [0.15, 0.2) is 5.78 Å². The topological polar surface area (TPSA) is 107 Å². The molecule has 2 aromatic carbocycles. The van der Waals surface area contributed by atoms with Gasteiger partial charge >= 0.3 is 0 Å². The van der Waals surface area contributed by atoms with Crippen LogP contribution in [0.4, 0.5) is 5.69 Å². The zero-order valence-electron chi connectivity index (χ0n) is 16.1. The number of benzene rings is 2. The fourth-order valence-corrected chi connectivity index (χ4v) is 5.14. The molecule has 160 valence electrons. The second kappa shape index (κ2) is 8.83. The number of hydrogen-bond donors (Lipinski definition) is 1. The van der Waals surface area contributed by atoms with E-state index in [1.165, 1.54) is 25.3 Å². The van der Waals surface area contributed by atoms with Crippen LogP contribution >= 0.6 is 23.2 Å². The highest BCUT2D eigenvalue weighted by atomic mass is 35.5. The van der Waals surface area contributed by atoms with Crippen molar-refractivity contribution in [1.82, 2.24) is 4.31 Å². The molecule has 0 aromatic heterocycles. The maximum absolute atomic E-state index is 13.2. The summed E-state index contributed by atoms with van der Waals surface area (Å²) in [7, 11) is -2.80. The third-order valence-electron chi connectivity index (χ3n) is 4.95. The van der Waals surface area contributed by atoms with Crippen molar-refractivity contribution in [3.63, 3.8) is 0 Å². The Kier molecular flexibility index (Phi) is 6.59. The Balaban J connectivity index is 1.97. The number of sulfonamides is 1. The molecule has 1 aliphatic heterocycles. The van der Waals surface area contributed by atoms with Crippen molar-refractivity contribution in [3.8, 4) is 5.75 Å². The average Bonchev–Trinajstić information content (AvgIpc) is 2.84. The molecule has 1 amide bonds. The van der Waals surface area contributed by atoms with Crippen LogP contribution in [0, 0.1) is 5.92 Å². The van der Waals surface area contributed by atoms with Gasteiger partial charge in [0.1, 0.15) is 5.75 Å². The Morgan fingerprint density at radius 1 is 1.17 bits per heavy atom. The van der Waals surface area contributed by atoms with Crippen LogP contribution < -0.4 is 10.5 Å². The van der Waals surface area contributed by atoms with E-state index in [1.807, 2.05) is 0 Å². The van der Waals surface area contributed by atoms with Gasteiger partial charge in [-0.3, -0.25) is 9.59 Å². The SMILES string of the molecule is COc1ccc(Cl)cc1CC1CCC(=O)CN(S(=O)(=O)c2ccc(Cl)c(N)c2)C1=O. The van der Waals surface area contributed by atoms with E-state index in [0.29, 0.717) is 20.6 Å². The first-order valence-corrected chi connectivity index (χ1v) is 11.3. The molecule has 1 atom stereocenters. The minimum absolute atomic E-state index is 0.0616. The fourth-order valence-electron chi connectivity index (χ4n) is 3.35. The third-order valence-corrected chi connectivity index (χ3v) is 7.27. The number of ketones is 1. The summed E-state index contributed by atoms with van der Waals surface area (Å²) in [5, 5.41) is 0.655. The summed E-state index contributed by atoms with van der Waals surface area (Å²) < 4.78 is 32.2. The summed E-state index contributed by atoms with van der Waals surface area (Å²) in [6.45, 7) is -0.521. The molecule has 10 heteroatoms. The van der Waals surface area contributed by atoms with Crippen molar-refractivity contribution in [2.75, 3.05) is 19.4 Å². The quantitative estimate of drug-likeness (QED) is 0.671. The van der Waals surface area contributed by atoms with Crippen LogP contribution in [0.2, 0.25) is 10.0 Å².